The van der Waals surface area contributed by atoms with Gasteiger partial charge in [0, 0.05) is 5.41 Å². The molecule has 0 aromatic heterocycles. The Morgan fingerprint density at radius 1 is 0.667 bits per heavy atom. The largest absolute Gasteiger partial charge is 0.508 e. The van der Waals surface area contributed by atoms with Crippen LogP contribution in [-0.2, 0) is 5.41 Å². The molecule has 2 atom stereocenters. The van der Waals surface area contributed by atoms with Gasteiger partial charge in [-0.15, -0.1) is 0 Å². The molecule has 3 rings (SSSR count). The van der Waals surface area contributed by atoms with Gasteiger partial charge in [-0.05, 0) is 46.9 Å². The first kappa shape index (κ1) is 16.1. The summed E-state index contributed by atoms with van der Waals surface area (Å²) in [5.41, 5.74) is 3.27. The van der Waals surface area contributed by atoms with Gasteiger partial charge in [0.15, 0.2) is 0 Å². The van der Waals surface area contributed by atoms with E-state index in [9.17, 15) is 10.2 Å². The monoisotopic (exact) mass is 318 g/mol. The van der Waals surface area contributed by atoms with Gasteiger partial charge in [-0.2, -0.15) is 0 Å². The Bertz CT molecular complexity index is 792. The van der Waals surface area contributed by atoms with Crippen LogP contribution in [0.4, 0.5) is 0 Å². The standard InChI is InChI=1S/C22H22O2/c1-16(17-8-12-20(23)13-9-17)22(2,18-6-4-3-5-7-18)19-10-14-21(24)15-11-19/h3-16,23-24H,1-2H3. The maximum absolute atomic E-state index is 9.65. The highest BCUT2D eigenvalue weighted by Gasteiger charge is 2.35. The number of hydrogen-bond donors (Lipinski definition) is 2. The number of phenols is 2. The van der Waals surface area contributed by atoms with E-state index in [4.69, 9.17) is 0 Å². The van der Waals surface area contributed by atoms with E-state index >= 15 is 0 Å². The van der Waals surface area contributed by atoms with Crippen LogP contribution in [0.2, 0.25) is 0 Å². The van der Waals surface area contributed by atoms with Gasteiger partial charge >= 0.3 is 0 Å². The summed E-state index contributed by atoms with van der Waals surface area (Å²) in [4.78, 5) is 0. The second-order valence-electron chi connectivity index (χ2n) is 6.43. The lowest BCUT2D eigenvalue weighted by atomic mass is 9.65. The summed E-state index contributed by atoms with van der Waals surface area (Å²) in [5, 5.41) is 19.2. The first-order valence-electron chi connectivity index (χ1n) is 8.16. The van der Waals surface area contributed by atoms with Crippen molar-refractivity contribution >= 4 is 0 Å². The molecule has 24 heavy (non-hydrogen) atoms. The molecule has 0 aliphatic heterocycles. The summed E-state index contributed by atoms with van der Waals surface area (Å²) in [5.74, 6) is 0.730. The molecule has 0 saturated carbocycles. The molecule has 0 spiro atoms. The lowest BCUT2D eigenvalue weighted by Gasteiger charge is -2.37. The molecule has 122 valence electrons. The van der Waals surface area contributed by atoms with Crippen LogP contribution in [0.5, 0.6) is 11.5 Å². The van der Waals surface area contributed by atoms with Crippen molar-refractivity contribution < 1.29 is 10.2 Å². The SMILES string of the molecule is CC(c1ccc(O)cc1)C(C)(c1ccccc1)c1ccc(O)cc1. The summed E-state index contributed by atoms with van der Waals surface area (Å²) in [6.07, 6.45) is 0. The molecule has 0 amide bonds. The van der Waals surface area contributed by atoms with E-state index in [2.05, 4.69) is 38.1 Å². The fourth-order valence-electron chi connectivity index (χ4n) is 3.36. The van der Waals surface area contributed by atoms with Crippen LogP contribution in [0.1, 0.15) is 36.5 Å². The van der Waals surface area contributed by atoms with Gasteiger partial charge in [-0.1, -0.05) is 68.4 Å². The van der Waals surface area contributed by atoms with Gasteiger partial charge in [-0.25, -0.2) is 0 Å². The Labute approximate surface area is 143 Å². The fraction of sp³-hybridized carbons (Fsp3) is 0.182. The molecule has 0 aliphatic carbocycles. The molecule has 3 aromatic rings. The maximum Gasteiger partial charge on any atom is 0.115 e. The molecule has 2 nitrogen and oxygen atoms in total. The summed E-state index contributed by atoms with van der Waals surface area (Å²) in [7, 11) is 0. The van der Waals surface area contributed by atoms with Crippen LogP contribution >= 0.6 is 0 Å². The van der Waals surface area contributed by atoms with Crippen molar-refractivity contribution in [1.29, 1.82) is 0 Å². The summed E-state index contributed by atoms with van der Waals surface area (Å²) in [6.45, 7) is 4.43. The number of aromatic hydroxyl groups is 2. The van der Waals surface area contributed by atoms with Gasteiger partial charge in [-0.3, -0.25) is 0 Å². The molecule has 0 saturated heterocycles. The van der Waals surface area contributed by atoms with E-state index in [0.717, 1.165) is 11.1 Å². The predicted molar refractivity (Wildman–Crippen MR) is 97.5 cm³/mol. The van der Waals surface area contributed by atoms with E-state index in [0.29, 0.717) is 0 Å². The van der Waals surface area contributed by atoms with Crippen molar-refractivity contribution in [2.75, 3.05) is 0 Å². The Hall–Kier alpha value is -2.74. The lowest BCUT2D eigenvalue weighted by Crippen LogP contribution is -2.30. The molecule has 0 heterocycles. The molecular formula is C22H22O2. The lowest BCUT2D eigenvalue weighted by molar-refractivity contribution is 0.460. The van der Waals surface area contributed by atoms with Gasteiger partial charge in [0.25, 0.3) is 0 Å². The first-order valence-corrected chi connectivity index (χ1v) is 8.16. The smallest absolute Gasteiger partial charge is 0.115 e. The average molecular weight is 318 g/mol. The zero-order valence-electron chi connectivity index (χ0n) is 14.0. The fourth-order valence-corrected chi connectivity index (χ4v) is 3.36. The Kier molecular flexibility index (Phi) is 4.30. The van der Waals surface area contributed by atoms with E-state index in [-0.39, 0.29) is 22.8 Å². The second-order valence-corrected chi connectivity index (χ2v) is 6.43. The predicted octanol–water partition coefficient (Wildman–Crippen LogP) is 5.21. The third-order valence-electron chi connectivity index (χ3n) is 5.10. The Balaban J connectivity index is 2.14. The summed E-state index contributed by atoms with van der Waals surface area (Å²) < 4.78 is 0. The van der Waals surface area contributed by atoms with Gasteiger partial charge < -0.3 is 10.2 Å². The molecule has 0 aliphatic rings. The quantitative estimate of drug-likeness (QED) is 0.693. The van der Waals surface area contributed by atoms with Crippen LogP contribution in [0.15, 0.2) is 78.9 Å². The van der Waals surface area contributed by atoms with Crippen LogP contribution < -0.4 is 0 Å². The number of hydrogen-bond acceptors (Lipinski definition) is 2. The first-order chi connectivity index (χ1) is 11.5. The molecular weight excluding hydrogens is 296 g/mol. The van der Waals surface area contributed by atoms with Gasteiger partial charge in [0.05, 0.1) is 0 Å². The number of phenolic OH excluding ortho intramolecular Hbond substituents is 2. The normalized spacial score (nSPS) is 14.8. The van der Waals surface area contributed by atoms with Crippen molar-refractivity contribution in [2.45, 2.75) is 25.2 Å². The second kappa shape index (κ2) is 6.40. The highest BCUT2D eigenvalue weighted by Crippen LogP contribution is 2.44. The molecule has 2 N–H and O–H groups in total. The van der Waals surface area contributed by atoms with Crippen molar-refractivity contribution in [2.24, 2.45) is 0 Å². The third-order valence-corrected chi connectivity index (χ3v) is 5.10. The average Bonchev–Trinajstić information content (AvgIpc) is 2.62. The van der Waals surface area contributed by atoms with Crippen molar-refractivity contribution in [3.8, 4) is 11.5 Å². The summed E-state index contributed by atoms with van der Waals surface area (Å²) in [6, 6.07) is 25.3. The van der Waals surface area contributed by atoms with Crippen molar-refractivity contribution in [3.63, 3.8) is 0 Å². The van der Waals surface area contributed by atoms with Crippen LogP contribution in [0.25, 0.3) is 0 Å². The maximum atomic E-state index is 9.65. The van der Waals surface area contributed by atoms with E-state index in [1.807, 2.05) is 30.3 Å². The minimum absolute atomic E-state index is 0.185. The molecule has 0 radical (unpaired) electrons. The molecule has 2 unspecified atom stereocenters. The highest BCUT2D eigenvalue weighted by atomic mass is 16.3. The molecule has 0 bridgehead atoms. The number of rotatable bonds is 4. The van der Waals surface area contributed by atoms with Crippen molar-refractivity contribution in [3.05, 3.63) is 95.6 Å². The Morgan fingerprint density at radius 2 is 1.12 bits per heavy atom. The Morgan fingerprint density at radius 3 is 1.67 bits per heavy atom. The topological polar surface area (TPSA) is 40.5 Å². The highest BCUT2D eigenvalue weighted by molar-refractivity contribution is 5.45. The molecule has 0 fully saturated rings. The van der Waals surface area contributed by atoms with Gasteiger partial charge in [0.1, 0.15) is 11.5 Å². The number of benzene rings is 3. The minimum Gasteiger partial charge on any atom is -0.508 e. The van der Waals surface area contributed by atoms with Crippen molar-refractivity contribution in [1.82, 2.24) is 0 Å². The van der Waals surface area contributed by atoms with E-state index < -0.39 is 0 Å². The molecule has 2 heteroatoms. The van der Waals surface area contributed by atoms with E-state index in [1.165, 1.54) is 5.56 Å². The third kappa shape index (κ3) is 2.88. The van der Waals surface area contributed by atoms with Crippen LogP contribution in [-0.4, -0.2) is 10.2 Å². The van der Waals surface area contributed by atoms with Gasteiger partial charge in [0.2, 0.25) is 0 Å². The van der Waals surface area contributed by atoms with Crippen LogP contribution in [0.3, 0.4) is 0 Å². The molecule has 3 aromatic carbocycles. The zero-order chi connectivity index (χ0) is 17.2. The summed E-state index contributed by atoms with van der Waals surface area (Å²) >= 11 is 0. The van der Waals surface area contributed by atoms with E-state index in [1.54, 1.807) is 24.3 Å². The zero-order valence-corrected chi connectivity index (χ0v) is 14.0. The minimum atomic E-state index is -0.258. The van der Waals surface area contributed by atoms with Crippen LogP contribution in [0, 0.1) is 0 Å².